The molecule has 0 saturated carbocycles. The van der Waals surface area contributed by atoms with Crippen molar-refractivity contribution < 1.29 is 4.79 Å². The normalized spacial score (nSPS) is 12.4. The number of aromatic nitrogens is 1. The number of carbonyl (C=O) groups is 1. The maximum atomic E-state index is 12.2. The summed E-state index contributed by atoms with van der Waals surface area (Å²) >= 11 is 0. The van der Waals surface area contributed by atoms with Gasteiger partial charge in [-0.15, -0.1) is 0 Å². The minimum Gasteiger partial charge on any atom is -0.345 e. The number of nitrogens with two attached hydrogens (primary N) is 1. The average Bonchev–Trinajstić information content (AvgIpc) is 2.49. The first-order valence-electron chi connectivity index (χ1n) is 7.88. The van der Waals surface area contributed by atoms with Gasteiger partial charge in [-0.25, -0.2) is 0 Å². The van der Waals surface area contributed by atoms with Crippen molar-refractivity contribution in [2.45, 2.75) is 39.5 Å². The zero-order chi connectivity index (χ0) is 15.7. The Labute approximate surface area is 128 Å². The van der Waals surface area contributed by atoms with Gasteiger partial charge >= 0.3 is 0 Å². The van der Waals surface area contributed by atoms with E-state index in [-0.39, 0.29) is 5.91 Å². The van der Waals surface area contributed by atoms with E-state index in [2.05, 4.69) is 18.8 Å². The molecule has 0 aliphatic heterocycles. The van der Waals surface area contributed by atoms with Crippen LogP contribution in [0, 0.1) is 11.8 Å². The molecule has 1 heterocycles. The van der Waals surface area contributed by atoms with Crippen molar-refractivity contribution in [2.75, 3.05) is 20.1 Å². The zero-order valence-electron chi connectivity index (χ0n) is 13.6. The Bertz CT molecular complexity index is 406. The number of amides is 1. The van der Waals surface area contributed by atoms with Crippen LogP contribution < -0.4 is 5.73 Å². The highest BCUT2D eigenvalue weighted by Crippen LogP contribution is 2.20. The van der Waals surface area contributed by atoms with Crippen LogP contribution >= 0.6 is 0 Å². The van der Waals surface area contributed by atoms with Crippen LogP contribution in [0.15, 0.2) is 24.4 Å². The molecule has 0 aliphatic carbocycles. The van der Waals surface area contributed by atoms with Crippen LogP contribution in [0.25, 0.3) is 0 Å². The summed E-state index contributed by atoms with van der Waals surface area (Å²) in [4.78, 5) is 18.3. The molecular formula is C17H29N3O. The maximum absolute atomic E-state index is 12.2. The first kappa shape index (κ1) is 17.6. The van der Waals surface area contributed by atoms with E-state index >= 15 is 0 Å². The molecule has 0 saturated heterocycles. The van der Waals surface area contributed by atoms with Crippen molar-refractivity contribution in [3.8, 4) is 0 Å². The lowest BCUT2D eigenvalue weighted by atomic mass is 9.88. The third-order valence-corrected chi connectivity index (χ3v) is 4.06. The summed E-state index contributed by atoms with van der Waals surface area (Å²) in [7, 11) is 1.87. The van der Waals surface area contributed by atoms with Gasteiger partial charge in [0.1, 0.15) is 0 Å². The Hall–Kier alpha value is -1.42. The van der Waals surface area contributed by atoms with E-state index in [1.165, 1.54) is 0 Å². The molecule has 0 fully saturated rings. The molecule has 0 bridgehead atoms. The first-order valence-corrected chi connectivity index (χ1v) is 7.88. The van der Waals surface area contributed by atoms with Crippen LogP contribution in [0.4, 0.5) is 0 Å². The Kier molecular flexibility index (Phi) is 7.98. The third kappa shape index (κ3) is 6.71. The molecule has 1 atom stereocenters. The summed E-state index contributed by atoms with van der Waals surface area (Å²) in [5, 5.41) is 0. The fourth-order valence-electron chi connectivity index (χ4n) is 2.48. The van der Waals surface area contributed by atoms with E-state index in [1.54, 1.807) is 6.20 Å². The van der Waals surface area contributed by atoms with Crippen molar-refractivity contribution in [3.05, 3.63) is 30.1 Å². The van der Waals surface area contributed by atoms with Crippen molar-refractivity contribution in [1.29, 1.82) is 0 Å². The SMILES string of the molecule is CC(C)C(CCN)CCC(=O)N(C)CCc1ccccn1. The lowest BCUT2D eigenvalue weighted by molar-refractivity contribution is -0.130. The van der Waals surface area contributed by atoms with E-state index < -0.39 is 0 Å². The smallest absolute Gasteiger partial charge is 0.222 e. The number of hydrogen-bond donors (Lipinski definition) is 1. The first-order chi connectivity index (χ1) is 10.0. The highest BCUT2D eigenvalue weighted by atomic mass is 16.2. The van der Waals surface area contributed by atoms with Gasteiger partial charge in [-0.05, 0) is 43.4 Å². The lowest BCUT2D eigenvalue weighted by Gasteiger charge is -2.22. The fraction of sp³-hybridized carbons (Fsp3) is 0.647. The summed E-state index contributed by atoms with van der Waals surface area (Å²) in [5.41, 5.74) is 6.67. The average molecular weight is 291 g/mol. The minimum atomic E-state index is 0.216. The molecule has 21 heavy (non-hydrogen) atoms. The van der Waals surface area contributed by atoms with Crippen LogP contribution in [0.2, 0.25) is 0 Å². The second kappa shape index (κ2) is 9.50. The number of nitrogens with zero attached hydrogens (tertiary/aromatic N) is 2. The van der Waals surface area contributed by atoms with Gasteiger partial charge in [0.2, 0.25) is 5.91 Å². The van der Waals surface area contributed by atoms with E-state index in [0.717, 1.165) is 31.5 Å². The molecule has 0 aliphatic rings. The van der Waals surface area contributed by atoms with Crippen LogP contribution in [0.1, 0.15) is 38.8 Å². The summed E-state index contributed by atoms with van der Waals surface area (Å²) in [5.74, 6) is 1.34. The molecule has 0 radical (unpaired) electrons. The highest BCUT2D eigenvalue weighted by molar-refractivity contribution is 5.75. The van der Waals surface area contributed by atoms with Crippen LogP contribution in [-0.2, 0) is 11.2 Å². The molecule has 1 aromatic heterocycles. The summed E-state index contributed by atoms with van der Waals surface area (Å²) in [6, 6.07) is 5.88. The van der Waals surface area contributed by atoms with Crippen LogP contribution in [0.3, 0.4) is 0 Å². The van der Waals surface area contributed by atoms with E-state index in [0.29, 0.717) is 24.8 Å². The standard InChI is InChI=1S/C17H29N3O/c1-14(2)15(9-11-18)7-8-17(21)20(3)13-10-16-6-4-5-12-19-16/h4-6,12,14-15H,7-11,13,18H2,1-3H3. The molecule has 118 valence electrons. The predicted octanol–water partition coefficient (Wildman–Crippen LogP) is 2.48. The van der Waals surface area contributed by atoms with Gasteiger partial charge < -0.3 is 10.6 Å². The van der Waals surface area contributed by atoms with E-state index in [4.69, 9.17) is 5.73 Å². The van der Waals surface area contributed by atoms with Gasteiger partial charge in [0.05, 0.1) is 0 Å². The quantitative estimate of drug-likeness (QED) is 0.760. The molecule has 0 aromatic carbocycles. The van der Waals surface area contributed by atoms with Crippen molar-refractivity contribution in [3.63, 3.8) is 0 Å². The fourth-order valence-corrected chi connectivity index (χ4v) is 2.48. The van der Waals surface area contributed by atoms with Crippen molar-refractivity contribution in [2.24, 2.45) is 17.6 Å². The minimum absolute atomic E-state index is 0.216. The monoisotopic (exact) mass is 291 g/mol. The lowest BCUT2D eigenvalue weighted by Crippen LogP contribution is -2.29. The Morgan fingerprint density at radius 3 is 2.67 bits per heavy atom. The van der Waals surface area contributed by atoms with Gasteiger partial charge in [-0.2, -0.15) is 0 Å². The van der Waals surface area contributed by atoms with E-state index in [9.17, 15) is 4.79 Å². The second-order valence-corrected chi connectivity index (χ2v) is 6.01. The Balaban J connectivity index is 2.33. The van der Waals surface area contributed by atoms with Crippen LogP contribution in [0.5, 0.6) is 0 Å². The topological polar surface area (TPSA) is 59.2 Å². The number of carbonyl (C=O) groups excluding carboxylic acids is 1. The number of pyridine rings is 1. The molecule has 2 N–H and O–H groups in total. The molecule has 1 unspecified atom stereocenters. The molecule has 1 aromatic rings. The highest BCUT2D eigenvalue weighted by Gasteiger charge is 2.16. The molecule has 1 amide bonds. The second-order valence-electron chi connectivity index (χ2n) is 6.01. The van der Waals surface area contributed by atoms with Gasteiger partial charge in [0, 0.05) is 38.3 Å². The van der Waals surface area contributed by atoms with Gasteiger partial charge in [0.15, 0.2) is 0 Å². The number of rotatable bonds is 9. The largest absolute Gasteiger partial charge is 0.345 e. The van der Waals surface area contributed by atoms with Crippen molar-refractivity contribution >= 4 is 5.91 Å². The van der Waals surface area contributed by atoms with E-state index in [1.807, 2.05) is 30.1 Å². The molecular weight excluding hydrogens is 262 g/mol. The Morgan fingerprint density at radius 1 is 1.33 bits per heavy atom. The molecule has 4 nitrogen and oxygen atoms in total. The maximum Gasteiger partial charge on any atom is 0.222 e. The zero-order valence-corrected chi connectivity index (χ0v) is 13.6. The van der Waals surface area contributed by atoms with Gasteiger partial charge in [-0.3, -0.25) is 9.78 Å². The Morgan fingerprint density at radius 2 is 2.10 bits per heavy atom. The molecule has 4 heteroatoms. The van der Waals surface area contributed by atoms with Crippen LogP contribution in [-0.4, -0.2) is 35.9 Å². The summed E-state index contributed by atoms with van der Waals surface area (Å²) in [6.07, 6.45) is 5.14. The number of likely N-dealkylation sites (N-methyl/N-ethyl adjacent to an activating group) is 1. The van der Waals surface area contributed by atoms with Crippen molar-refractivity contribution in [1.82, 2.24) is 9.88 Å². The molecule has 1 rings (SSSR count). The van der Waals surface area contributed by atoms with Gasteiger partial charge in [0.25, 0.3) is 0 Å². The summed E-state index contributed by atoms with van der Waals surface area (Å²) in [6.45, 7) is 5.83. The third-order valence-electron chi connectivity index (χ3n) is 4.06. The predicted molar refractivity (Wildman–Crippen MR) is 86.8 cm³/mol. The number of hydrogen-bond acceptors (Lipinski definition) is 3. The van der Waals surface area contributed by atoms with Gasteiger partial charge in [-0.1, -0.05) is 19.9 Å². The molecule has 0 spiro atoms. The summed E-state index contributed by atoms with van der Waals surface area (Å²) < 4.78 is 0.